The molecule has 2 N–H and O–H groups in total. The number of para-hydroxylation sites is 2. The Hall–Kier alpha value is -3.74. The van der Waals surface area contributed by atoms with Crippen molar-refractivity contribution in [1.82, 2.24) is 9.55 Å². The van der Waals surface area contributed by atoms with Crippen molar-refractivity contribution in [2.75, 3.05) is 0 Å². The number of aromatic hydroxyl groups is 1. The highest BCUT2D eigenvalue weighted by Crippen LogP contribution is 2.32. The normalized spacial score (nSPS) is 14.0. The first-order valence-corrected chi connectivity index (χ1v) is 7.74. The Labute approximate surface area is 146 Å². The number of aromatic nitrogens is 2. The molecule has 1 aliphatic rings. The second-order valence-electron chi connectivity index (χ2n) is 5.66. The van der Waals surface area contributed by atoms with Crippen LogP contribution in [-0.2, 0) is 0 Å². The quantitative estimate of drug-likeness (QED) is 0.745. The summed E-state index contributed by atoms with van der Waals surface area (Å²) in [6.45, 7) is 0. The van der Waals surface area contributed by atoms with E-state index in [1.54, 1.807) is 6.21 Å². The maximum atomic E-state index is 14.1. The van der Waals surface area contributed by atoms with Crippen LogP contribution in [0.2, 0.25) is 0 Å². The number of fused-ring (bicyclic) bond motifs is 1. The molecule has 128 valence electrons. The number of rotatable bonds is 2. The number of nitrogens with zero attached hydrogens (tertiary/aromatic N) is 2. The maximum absolute atomic E-state index is 14.1. The second-order valence-corrected chi connectivity index (χ2v) is 5.66. The molecule has 7 heteroatoms. The molecule has 0 unspecified atom stereocenters. The zero-order valence-corrected chi connectivity index (χ0v) is 13.3. The molecule has 0 aliphatic carbocycles. The molecule has 0 saturated carbocycles. The number of hydrogen-bond acceptors (Lipinski definition) is 4. The van der Waals surface area contributed by atoms with Crippen LogP contribution in [0.5, 0.6) is 5.88 Å². The summed E-state index contributed by atoms with van der Waals surface area (Å²) >= 11 is 0. The number of H-pyrrole nitrogens is 1. The summed E-state index contributed by atoms with van der Waals surface area (Å²) < 4.78 is 14.8. The monoisotopic (exact) mass is 349 g/mol. The maximum Gasteiger partial charge on any atom is 0.335 e. The average molecular weight is 349 g/mol. The van der Waals surface area contributed by atoms with Gasteiger partial charge in [0, 0.05) is 17.4 Å². The fourth-order valence-corrected chi connectivity index (χ4v) is 2.83. The SMILES string of the molecule is O=c1[nH]c(=O)n(-c2ccccc2F)c(O)c1/C=C1\C=Nc2ccccc21. The van der Waals surface area contributed by atoms with E-state index in [1.807, 2.05) is 24.3 Å². The Kier molecular flexibility index (Phi) is 3.62. The van der Waals surface area contributed by atoms with Crippen LogP contribution < -0.4 is 11.2 Å². The van der Waals surface area contributed by atoms with Gasteiger partial charge in [-0.25, -0.2) is 13.8 Å². The number of allylic oxidation sites excluding steroid dienone is 1. The van der Waals surface area contributed by atoms with Gasteiger partial charge in [0.25, 0.3) is 5.56 Å². The zero-order chi connectivity index (χ0) is 18.3. The summed E-state index contributed by atoms with van der Waals surface area (Å²) in [6, 6.07) is 12.8. The van der Waals surface area contributed by atoms with Gasteiger partial charge in [-0.2, -0.15) is 0 Å². The third kappa shape index (κ3) is 2.46. The number of aromatic amines is 1. The van der Waals surface area contributed by atoms with Crippen LogP contribution in [0.4, 0.5) is 10.1 Å². The van der Waals surface area contributed by atoms with E-state index in [9.17, 15) is 19.1 Å². The summed E-state index contributed by atoms with van der Waals surface area (Å²) in [4.78, 5) is 30.7. The van der Waals surface area contributed by atoms with Crippen LogP contribution in [0.1, 0.15) is 11.1 Å². The van der Waals surface area contributed by atoms with Gasteiger partial charge in [0.15, 0.2) is 0 Å². The van der Waals surface area contributed by atoms with Crippen molar-refractivity contribution in [3.63, 3.8) is 0 Å². The highest BCUT2D eigenvalue weighted by Gasteiger charge is 2.18. The molecule has 26 heavy (non-hydrogen) atoms. The number of aliphatic imine (C=N–C) groups is 1. The highest BCUT2D eigenvalue weighted by atomic mass is 19.1. The fraction of sp³-hybridized carbons (Fsp3) is 0. The summed E-state index contributed by atoms with van der Waals surface area (Å²) in [5, 5.41) is 10.5. The van der Waals surface area contributed by atoms with Gasteiger partial charge in [0.2, 0.25) is 5.88 Å². The van der Waals surface area contributed by atoms with Gasteiger partial charge in [-0.1, -0.05) is 30.3 Å². The van der Waals surface area contributed by atoms with Crippen molar-refractivity contribution in [1.29, 1.82) is 0 Å². The van der Waals surface area contributed by atoms with Gasteiger partial charge in [-0.15, -0.1) is 0 Å². The molecule has 0 atom stereocenters. The molecule has 1 aliphatic heterocycles. The molecular formula is C19H12FN3O3. The zero-order valence-electron chi connectivity index (χ0n) is 13.3. The van der Waals surface area contributed by atoms with E-state index < -0.39 is 22.9 Å². The lowest BCUT2D eigenvalue weighted by Gasteiger charge is -2.10. The van der Waals surface area contributed by atoms with Crippen LogP contribution in [0, 0.1) is 5.82 Å². The van der Waals surface area contributed by atoms with Gasteiger partial charge >= 0.3 is 5.69 Å². The van der Waals surface area contributed by atoms with Gasteiger partial charge in [-0.05, 0) is 24.3 Å². The van der Waals surface area contributed by atoms with Gasteiger partial charge < -0.3 is 5.11 Å². The predicted octanol–water partition coefficient (Wildman–Crippen LogP) is 2.63. The second kappa shape index (κ2) is 5.96. The van der Waals surface area contributed by atoms with Crippen molar-refractivity contribution in [2.45, 2.75) is 0 Å². The van der Waals surface area contributed by atoms with Crippen LogP contribution in [-0.4, -0.2) is 20.9 Å². The van der Waals surface area contributed by atoms with Crippen LogP contribution in [0.25, 0.3) is 17.3 Å². The molecule has 1 aromatic heterocycles. The Balaban J connectivity index is 1.95. The Bertz CT molecular complexity index is 1210. The van der Waals surface area contributed by atoms with Crippen LogP contribution in [0.3, 0.4) is 0 Å². The molecule has 0 spiro atoms. The lowest BCUT2D eigenvalue weighted by Crippen LogP contribution is -2.30. The Morgan fingerprint density at radius 1 is 1.08 bits per heavy atom. The minimum absolute atomic E-state index is 0.161. The Morgan fingerprint density at radius 2 is 1.81 bits per heavy atom. The van der Waals surface area contributed by atoms with E-state index in [0.29, 0.717) is 5.57 Å². The van der Waals surface area contributed by atoms with Gasteiger partial charge in [0.05, 0.1) is 11.4 Å². The minimum atomic E-state index is -0.930. The number of benzene rings is 2. The highest BCUT2D eigenvalue weighted by molar-refractivity contribution is 6.21. The molecule has 0 radical (unpaired) electrons. The third-order valence-electron chi connectivity index (χ3n) is 4.07. The first-order chi connectivity index (χ1) is 12.6. The first kappa shape index (κ1) is 15.8. The summed E-state index contributed by atoms with van der Waals surface area (Å²) in [6.07, 6.45) is 2.97. The fourth-order valence-electron chi connectivity index (χ4n) is 2.83. The van der Waals surface area contributed by atoms with Gasteiger partial charge in [0.1, 0.15) is 11.4 Å². The van der Waals surface area contributed by atoms with Crippen molar-refractivity contribution < 1.29 is 9.50 Å². The molecule has 0 bridgehead atoms. The van der Waals surface area contributed by atoms with Crippen LogP contribution >= 0.6 is 0 Å². The molecule has 2 heterocycles. The van der Waals surface area contributed by atoms with E-state index in [4.69, 9.17) is 0 Å². The number of hydrogen-bond donors (Lipinski definition) is 2. The molecule has 4 rings (SSSR count). The van der Waals surface area contributed by atoms with Crippen molar-refractivity contribution in [2.24, 2.45) is 4.99 Å². The largest absolute Gasteiger partial charge is 0.494 e. The smallest absolute Gasteiger partial charge is 0.335 e. The van der Waals surface area contributed by atoms with E-state index in [-0.39, 0.29) is 11.3 Å². The lowest BCUT2D eigenvalue weighted by atomic mass is 10.1. The molecule has 0 amide bonds. The third-order valence-corrected chi connectivity index (χ3v) is 4.07. The minimum Gasteiger partial charge on any atom is -0.494 e. The summed E-state index contributed by atoms with van der Waals surface area (Å²) in [7, 11) is 0. The number of nitrogens with one attached hydrogen (secondary N) is 1. The predicted molar refractivity (Wildman–Crippen MR) is 96.7 cm³/mol. The molecule has 0 fully saturated rings. The van der Waals surface area contributed by atoms with Crippen molar-refractivity contribution in [3.8, 4) is 11.6 Å². The standard InChI is InChI=1S/C19H12FN3O3/c20-14-6-2-4-8-16(14)23-18(25)13(17(24)22-19(23)26)9-11-10-21-15-7-3-1-5-12(11)15/h1-10,25H,(H,22,24,26)/b11-9+. The van der Waals surface area contributed by atoms with E-state index in [1.165, 1.54) is 24.3 Å². The molecule has 3 aromatic rings. The molecule has 0 saturated heterocycles. The summed E-state index contributed by atoms with van der Waals surface area (Å²) in [5.74, 6) is -1.35. The molecule has 6 nitrogen and oxygen atoms in total. The van der Waals surface area contributed by atoms with Crippen molar-refractivity contribution in [3.05, 3.63) is 86.3 Å². The lowest BCUT2D eigenvalue weighted by molar-refractivity contribution is 0.426. The van der Waals surface area contributed by atoms with Crippen LogP contribution in [0.15, 0.2) is 63.1 Å². The van der Waals surface area contributed by atoms with Gasteiger partial charge in [-0.3, -0.25) is 14.8 Å². The average Bonchev–Trinajstić information content (AvgIpc) is 3.03. The van der Waals surface area contributed by atoms with E-state index in [2.05, 4.69) is 9.98 Å². The molecular weight excluding hydrogens is 337 g/mol. The summed E-state index contributed by atoms with van der Waals surface area (Å²) in [5.41, 5.74) is 0.0928. The first-order valence-electron chi connectivity index (χ1n) is 7.74. The van der Waals surface area contributed by atoms with E-state index in [0.717, 1.165) is 21.9 Å². The van der Waals surface area contributed by atoms with Crippen molar-refractivity contribution >= 4 is 23.6 Å². The topological polar surface area (TPSA) is 87.5 Å². The molecule has 2 aromatic carbocycles. The number of halogens is 1. The Morgan fingerprint density at radius 3 is 2.62 bits per heavy atom. The van der Waals surface area contributed by atoms with E-state index >= 15 is 0 Å².